The summed E-state index contributed by atoms with van der Waals surface area (Å²) in [5.74, 6) is 0. The van der Waals surface area contributed by atoms with E-state index in [4.69, 9.17) is 9.16 Å². The van der Waals surface area contributed by atoms with Crippen LogP contribution in [0.2, 0.25) is 18.1 Å². The summed E-state index contributed by atoms with van der Waals surface area (Å²) in [6, 6.07) is -0.222. The number of carbonyl (C=O) groups is 1. The zero-order chi connectivity index (χ0) is 22.2. The highest BCUT2D eigenvalue weighted by molar-refractivity contribution is 6.74. The first-order valence-corrected chi connectivity index (χ1v) is 12.8. The number of hydrogen-bond donors (Lipinski definition) is 0. The molecule has 1 aromatic rings. The van der Waals surface area contributed by atoms with Crippen LogP contribution in [0.5, 0.6) is 0 Å². The summed E-state index contributed by atoms with van der Waals surface area (Å²) in [5, 5.41) is 15.2. The van der Waals surface area contributed by atoms with Gasteiger partial charge in [-0.05, 0) is 45.3 Å². The monoisotopic (exact) mass is 426 g/mol. The van der Waals surface area contributed by atoms with Gasteiger partial charge in [-0.25, -0.2) is 4.79 Å². The molecule has 0 spiro atoms. The van der Waals surface area contributed by atoms with Crippen LogP contribution in [-0.4, -0.2) is 58.8 Å². The van der Waals surface area contributed by atoms with Gasteiger partial charge in [-0.15, -0.1) is 0 Å². The number of amides is 1. The maximum absolute atomic E-state index is 12.7. The Bertz CT molecular complexity index is 751. The third-order valence-electron chi connectivity index (χ3n) is 5.48. The summed E-state index contributed by atoms with van der Waals surface area (Å²) in [5.41, 5.74) is -0.675. The standard InChI is InChI=1S/C19H34N4O5Si/c1-18(2,3)27-17(24)21-11-14(22-12-15(10-20-22)23(25)26)9-16(13-21)28-29(7,8)19(4,5)6/h10,12,14,16H,9,11,13H2,1-8H3/t14-,16-/m1/s1. The molecule has 0 aliphatic carbocycles. The second-order valence-electron chi connectivity index (χ2n) is 10.2. The largest absolute Gasteiger partial charge is 0.444 e. The first-order valence-electron chi connectivity index (χ1n) is 9.93. The van der Waals surface area contributed by atoms with Gasteiger partial charge in [0.2, 0.25) is 0 Å². The first-order chi connectivity index (χ1) is 13.1. The Morgan fingerprint density at radius 3 is 2.34 bits per heavy atom. The van der Waals surface area contributed by atoms with Crippen molar-refractivity contribution in [2.45, 2.75) is 83.8 Å². The van der Waals surface area contributed by atoms with E-state index < -0.39 is 24.9 Å². The van der Waals surface area contributed by atoms with Gasteiger partial charge in [0, 0.05) is 13.1 Å². The minimum absolute atomic E-state index is 0.0289. The molecule has 1 aliphatic rings. The van der Waals surface area contributed by atoms with E-state index in [0.717, 1.165) is 0 Å². The second kappa shape index (κ2) is 8.06. The van der Waals surface area contributed by atoms with Gasteiger partial charge in [0.05, 0.1) is 17.1 Å². The van der Waals surface area contributed by atoms with Crippen molar-refractivity contribution in [1.29, 1.82) is 0 Å². The van der Waals surface area contributed by atoms with Crippen molar-refractivity contribution >= 4 is 20.1 Å². The van der Waals surface area contributed by atoms with E-state index in [2.05, 4.69) is 39.0 Å². The number of piperidine rings is 1. The Labute approximate surface area is 173 Å². The molecule has 0 aromatic carbocycles. The van der Waals surface area contributed by atoms with Crippen molar-refractivity contribution in [2.75, 3.05) is 13.1 Å². The highest BCUT2D eigenvalue weighted by Gasteiger charge is 2.42. The Hall–Kier alpha value is -1.94. The fraction of sp³-hybridized carbons (Fsp3) is 0.789. The minimum atomic E-state index is -2.06. The molecule has 9 nitrogen and oxygen atoms in total. The third kappa shape index (κ3) is 6.02. The van der Waals surface area contributed by atoms with E-state index in [9.17, 15) is 14.9 Å². The summed E-state index contributed by atoms with van der Waals surface area (Å²) >= 11 is 0. The number of aromatic nitrogens is 2. The Balaban J connectivity index is 2.27. The molecule has 1 amide bonds. The summed E-state index contributed by atoms with van der Waals surface area (Å²) < 4.78 is 13.7. The molecule has 2 atom stereocenters. The number of ether oxygens (including phenoxy) is 1. The van der Waals surface area contributed by atoms with E-state index in [0.29, 0.717) is 19.5 Å². The molecule has 29 heavy (non-hydrogen) atoms. The van der Waals surface area contributed by atoms with E-state index in [-0.39, 0.29) is 22.9 Å². The summed E-state index contributed by atoms with van der Waals surface area (Å²) in [6.07, 6.45) is 2.67. The van der Waals surface area contributed by atoms with E-state index >= 15 is 0 Å². The second-order valence-corrected chi connectivity index (χ2v) is 15.0. The molecule has 0 N–H and O–H groups in total. The van der Waals surface area contributed by atoms with Gasteiger partial charge < -0.3 is 14.1 Å². The van der Waals surface area contributed by atoms with Crippen LogP contribution in [-0.2, 0) is 9.16 Å². The summed E-state index contributed by atoms with van der Waals surface area (Å²) in [4.78, 5) is 24.9. The molecule has 1 aromatic heterocycles. The van der Waals surface area contributed by atoms with Gasteiger partial charge in [0.15, 0.2) is 8.32 Å². The maximum Gasteiger partial charge on any atom is 0.410 e. The lowest BCUT2D eigenvalue weighted by atomic mass is 10.0. The zero-order valence-corrected chi connectivity index (χ0v) is 19.8. The van der Waals surface area contributed by atoms with Gasteiger partial charge >= 0.3 is 11.8 Å². The van der Waals surface area contributed by atoms with Crippen LogP contribution in [0.15, 0.2) is 12.4 Å². The first kappa shape index (κ1) is 23.3. The third-order valence-corrected chi connectivity index (χ3v) is 10.0. The van der Waals surface area contributed by atoms with Crippen LogP contribution in [0.4, 0.5) is 10.5 Å². The van der Waals surface area contributed by atoms with Crippen molar-refractivity contribution < 1.29 is 18.9 Å². The number of nitro groups is 1. The molecule has 0 bridgehead atoms. The fourth-order valence-corrected chi connectivity index (χ4v) is 4.35. The molecule has 0 unspecified atom stereocenters. The molecule has 1 aliphatic heterocycles. The average Bonchev–Trinajstić information content (AvgIpc) is 3.01. The van der Waals surface area contributed by atoms with Gasteiger partial charge in [-0.2, -0.15) is 5.10 Å². The molecular formula is C19H34N4O5Si. The summed E-state index contributed by atoms with van der Waals surface area (Å²) in [7, 11) is -2.06. The number of rotatable bonds is 4. The number of likely N-dealkylation sites (tertiary alicyclic amines) is 1. The summed E-state index contributed by atoms with van der Waals surface area (Å²) in [6.45, 7) is 17.1. The van der Waals surface area contributed by atoms with Crippen molar-refractivity contribution in [3.63, 3.8) is 0 Å². The number of nitrogens with zero attached hydrogens (tertiary/aromatic N) is 4. The van der Waals surface area contributed by atoms with E-state index in [1.54, 1.807) is 9.58 Å². The molecule has 0 saturated carbocycles. The van der Waals surface area contributed by atoms with Crippen LogP contribution in [0, 0.1) is 10.1 Å². The zero-order valence-electron chi connectivity index (χ0n) is 18.8. The molecule has 0 radical (unpaired) electrons. The Morgan fingerprint density at radius 1 is 1.24 bits per heavy atom. The maximum atomic E-state index is 12.7. The number of hydrogen-bond acceptors (Lipinski definition) is 6. The normalized spacial score (nSPS) is 21.2. The van der Waals surface area contributed by atoms with Gasteiger partial charge in [0.25, 0.3) is 0 Å². The molecule has 2 heterocycles. The molecular weight excluding hydrogens is 392 g/mol. The number of carbonyl (C=O) groups excluding carboxylic acids is 1. The lowest BCUT2D eigenvalue weighted by Crippen LogP contribution is -2.53. The molecule has 164 valence electrons. The van der Waals surface area contributed by atoms with E-state index in [1.165, 1.54) is 12.4 Å². The van der Waals surface area contributed by atoms with Gasteiger partial charge in [-0.1, -0.05) is 20.8 Å². The van der Waals surface area contributed by atoms with Gasteiger partial charge in [0.1, 0.15) is 18.0 Å². The molecule has 1 fully saturated rings. The van der Waals surface area contributed by atoms with Crippen LogP contribution < -0.4 is 0 Å². The fourth-order valence-electron chi connectivity index (χ4n) is 3.00. The molecule has 1 saturated heterocycles. The Kier molecular flexibility index (Phi) is 6.48. The lowest BCUT2D eigenvalue weighted by Gasteiger charge is -2.44. The molecule has 10 heteroatoms. The quantitative estimate of drug-likeness (QED) is 0.403. The lowest BCUT2D eigenvalue weighted by molar-refractivity contribution is -0.385. The highest BCUT2D eigenvalue weighted by Crippen LogP contribution is 2.39. The Morgan fingerprint density at radius 2 is 1.86 bits per heavy atom. The average molecular weight is 427 g/mol. The van der Waals surface area contributed by atoms with E-state index in [1.807, 2.05) is 20.8 Å². The minimum Gasteiger partial charge on any atom is -0.444 e. The predicted octanol–water partition coefficient (Wildman–Crippen LogP) is 4.36. The van der Waals surface area contributed by atoms with Crippen LogP contribution in [0.3, 0.4) is 0 Å². The van der Waals surface area contributed by atoms with Crippen LogP contribution in [0.25, 0.3) is 0 Å². The van der Waals surface area contributed by atoms with Crippen LogP contribution in [0.1, 0.15) is 54.0 Å². The van der Waals surface area contributed by atoms with Crippen molar-refractivity contribution in [1.82, 2.24) is 14.7 Å². The van der Waals surface area contributed by atoms with Gasteiger partial charge in [-0.3, -0.25) is 14.8 Å². The topological polar surface area (TPSA) is 99.7 Å². The molecule has 2 rings (SSSR count). The highest BCUT2D eigenvalue weighted by atomic mass is 28.4. The van der Waals surface area contributed by atoms with Crippen molar-refractivity contribution in [2.24, 2.45) is 0 Å². The SMILES string of the molecule is CC(C)(C)OC(=O)N1C[C@H](O[Si](C)(C)C(C)(C)C)C[C@@H](n2cc([N+](=O)[O-])cn2)C1. The predicted molar refractivity (Wildman–Crippen MR) is 112 cm³/mol. The van der Waals surface area contributed by atoms with Crippen molar-refractivity contribution in [3.05, 3.63) is 22.5 Å². The van der Waals surface area contributed by atoms with Crippen molar-refractivity contribution in [3.8, 4) is 0 Å². The van der Waals surface area contributed by atoms with Crippen LogP contribution >= 0.6 is 0 Å². The smallest absolute Gasteiger partial charge is 0.410 e.